The summed E-state index contributed by atoms with van der Waals surface area (Å²) >= 11 is 0. The van der Waals surface area contributed by atoms with Crippen LogP contribution in [0.5, 0.6) is 0 Å². The Balaban J connectivity index is 2.22. The number of carbonyl (C=O) groups is 2. The number of aliphatic hydroxyl groups is 1. The number of aliphatic hydroxyl groups excluding tert-OH is 1. The maximum Gasteiger partial charge on any atom is 0.326 e. The van der Waals surface area contributed by atoms with Crippen molar-refractivity contribution in [2.45, 2.75) is 12.5 Å². The third-order valence-corrected chi connectivity index (χ3v) is 2.71. The molecule has 0 bridgehead atoms. The molecule has 0 fully saturated rings. The van der Waals surface area contributed by atoms with E-state index in [1.807, 2.05) is 0 Å². The number of carboxylic acid groups (broad SMARTS) is 1. The van der Waals surface area contributed by atoms with E-state index in [1.54, 1.807) is 24.3 Å². The van der Waals surface area contributed by atoms with Crippen molar-refractivity contribution in [3.63, 3.8) is 0 Å². The number of rotatable bonds is 5. The van der Waals surface area contributed by atoms with Crippen LogP contribution < -0.4 is 5.32 Å². The number of fused-ring (bicyclic) bond motifs is 1. The monoisotopic (exact) mass is 263 g/mol. The summed E-state index contributed by atoms with van der Waals surface area (Å²) in [5, 5.41) is 27.2. The molecule has 1 heterocycles. The van der Waals surface area contributed by atoms with Crippen molar-refractivity contribution in [1.29, 1.82) is 0 Å². The maximum atomic E-state index is 12.0. The Morgan fingerprint density at radius 2 is 2.11 bits per heavy atom. The van der Waals surface area contributed by atoms with Crippen LogP contribution in [0, 0.1) is 0 Å². The number of aliphatic carboxylic acids is 1. The van der Waals surface area contributed by atoms with Crippen molar-refractivity contribution in [3.8, 4) is 0 Å². The molecule has 0 aliphatic carbocycles. The van der Waals surface area contributed by atoms with Crippen LogP contribution in [-0.4, -0.2) is 44.9 Å². The number of para-hydroxylation sites is 1. The Morgan fingerprint density at radius 1 is 1.37 bits per heavy atom. The van der Waals surface area contributed by atoms with E-state index in [0.717, 1.165) is 0 Å². The summed E-state index contributed by atoms with van der Waals surface area (Å²) in [7, 11) is 0. The van der Waals surface area contributed by atoms with E-state index in [9.17, 15) is 9.59 Å². The van der Waals surface area contributed by atoms with Crippen LogP contribution in [-0.2, 0) is 4.79 Å². The number of carboxylic acids is 1. The molecular formula is C12H13N3O4. The number of carbonyl (C=O) groups excluding carboxylic acids is 1. The summed E-state index contributed by atoms with van der Waals surface area (Å²) in [4.78, 5) is 22.9. The fourth-order valence-electron chi connectivity index (χ4n) is 1.75. The largest absolute Gasteiger partial charge is 0.480 e. The minimum Gasteiger partial charge on any atom is -0.480 e. The van der Waals surface area contributed by atoms with E-state index >= 15 is 0 Å². The minimum atomic E-state index is -1.19. The number of H-pyrrole nitrogens is 1. The van der Waals surface area contributed by atoms with Crippen molar-refractivity contribution in [3.05, 3.63) is 30.0 Å². The van der Waals surface area contributed by atoms with Crippen molar-refractivity contribution in [2.24, 2.45) is 0 Å². The van der Waals surface area contributed by atoms with E-state index in [2.05, 4.69) is 15.5 Å². The molecule has 100 valence electrons. The number of amides is 1. The van der Waals surface area contributed by atoms with Crippen LogP contribution in [0.2, 0.25) is 0 Å². The molecule has 1 unspecified atom stereocenters. The number of nitrogens with one attached hydrogen (secondary N) is 2. The Hall–Kier alpha value is -2.41. The number of aromatic amines is 1. The summed E-state index contributed by atoms with van der Waals surface area (Å²) in [6.45, 7) is -0.321. The topological polar surface area (TPSA) is 115 Å². The molecule has 0 aliphatic heterocycles. The molecule has 7 nitrogen and oxygen atoms in total. The number of hydrogen-bond acceptors (Lipinski definition) is 4. The zero-order valence-electron chi connectivity index (χ0n) is 9.96. The quantitative estimate of drug-likeness (QED) is 0.612. The molecule has 0 aliphatic rings. The molecule has 7 heteroatoms. The summed E-state index contributed by atoms with van der Waals surface area (Å²) in [5.41, 5.74) is 0.835. The van der Waals surface area contributed by atoms with Gasteiger partial charge < -0.3 is 15.5 Å². The average Bonchev–Trinajstić information content (AvgIpc) is 2.81. The van der Waals surface area contributed by atoms with Crippen LogP contribution in [0.1, 0.15) is 16.9 Å². The van der Waals surface area contributed by atoms with Gasteiger partial charge in [-0.05, 0) is 6.07 Å². The highest BCUT2D eigenvalue weighted by Gasteiger charge is 2.22. The van der Waals surface area contributed by atoms with Crippen molar-refractivity contribution >= 4 is 22.8 Å². The molecule has 19 heavy (non-hydrogen) atoms. The van der Waals surface area contributed by atoms with Gasteiger partial charge in [-0.25, -0.2) is 4.79 Å². The lowest BCUT2D eigenvalue weighted by atomic mass is 10.1. The van der Waals surface area contributed by atoms with Gasteiger partial charge in [0.2, 0.25) is 0 Å². The second-order valence-corrected chi connectivity index (χ2v) is 3.99. The molecule has 0 saturated carbocycles. The third kappa shape index (κ3) is 2.71. The lowest BCUT2D eigenvalue weighted by Crippen LogP contribution is -2.41. The van der Waals surface area contributed by atoms with Crippen molar-refractivity contribution in [1.82, 2.24) is 15.5 Å². The molecule has 0 radical (unpaired) electrons. The molecule has 0 saturated heterocycles. The third-order valence-electron chi connectivity index (χ3n) is 2.71. The van der Waals surface area contributed by atoms with Gasteiger partial charge in [0.1, 0.15) is 6.04 Å². The van der Waals surface area contributed by atoms with Crippen LogP contribution in [0.25, 0.3) is 10.9 Å². The molecule has 2 aromatic rings. The van der Waals surface area contributed by atoms with Gasteiger partial charge in [-0.15, -0.1) is 0 Å². The van der Waals surface area contributed by atoms with E-state index in [-0.39, 0.29) is 18.7 Å². The lowest BCUT2D eigenvalue weighted by molar-refractivity contribution is -0.139. The SMILES string of the molecule is O=C(NC(CCO)C(=O)O)c1n[nH]c2ccccc12. The minimum absolute atomic E-state index is 0.0522. The summed E-state index contributed by atoms with van der Waals surface area (Å²) in [6.07, 6.45) is -0.0522. The van der Waals surface area contributed by atoms with Crippen LogP contribution in [0.4, 0.5) is 0 Å². The van der Waals surface area contributed by atoms with Crippen LogP contribution in [0.15, 0.2) is 24.3 Å². The Bertz CT molecular complexity index is 608. The van der Waals surface area contributed by atoms with Gasteiger partial charge in [-0.3, -0.25) is 9.89 Å². The van der Waals surface area contributed by atoms with E-state index in [1.165, 1.54) is 0 Å². The van der Waals surface area contributed by atoms with Gasteiger partial charge in [0, 0.05) is 18.4 Å². The van der Waals surface area contributed by atoms with Crippen molar-refractivity contribution < 1.29 is 19.8 Å². The highest BCUT2D eigenvalue weighted by molar-refractivity contribution is 6.05. The molecule has 4 N–H and O–H groups in total. The molecule has 2 rings (SSSR count). The predicted molar refractivity (Wildman–Crippen MR) is 66.7 cm³/mol. The number of aromatic nitrogens is 2. The number of hydrogen-bond donors (Lipinski definition) is 4. The first kappa shape index (κ1) is 13.0. The highest BCUT2D eigenvalue weighted by atomic mass is 16.4. The first-order chi connectivity index (χ1) is 9.13. The number of benzene rings is 1. The van der Waals surface area contributed by atoms with Crippen LogP contribution >= 0.6 is 0 Å². The first-order valence-corrected chi connectivity index (χ1v) is 5.71. The smallest absolute Gasteiger partial charge is 0.326 e. The fourth-order valence-corrected chi connectivity index (χ4v) is 1.75. The Labute approximate surface area is 108 Å². The highest BCUT2D eigenvalue weighted by Crippen LogP contribution is 2.15. The van der Waals surface area contributed by atoms with Gasteiger partial charge in [0.05, 0.1) is 5.52 Å². The molecule has 1 atom stereocenters. The molecular weight excluding hydrogens is 250 g/mol. The summed E-state index contributed by atoms with van der Waals surface area (Å²) in [6, 6.07) is 5.91. The zero-order chi connectivity index (χ0) is 13.8. The lowest BCUT2D eigenvalue weighted by Gasteiger charge is -2.12. The average molecular weight is 263 g/mol. The summed E-state index contributed by atoms with van der Waals surface area (Å²) in [5.74, 6) is -1.78. The van der Waals surface area contributed by atoms with E-state index < -0.39 is 17.9 Å². The first-order valence-electron chi connectivity index (χ1n) is 5.71. The normalized spacial score (nSPS) is 12.3. The Kier molecular flexibility index (Phi) is 3.76. The van der Waals surface area contributed by atoms with Gasteiger partial charge in [0.25, 0.3) is 5.91 Å². The zero-order valence-corrected chi connectivity index (χ0v) is 9.96. The molecule has 1 amide bonds. The van der Waals surface area contributed by atoms with Gasteiger partial charge in [0.15, 0.2) is 5.69 Å². The molecule has 1 aromatic carbocycles. The van der Waals surface area contributed by atoms with Crippen LogP contribution in [0.3, 0.4) is 0 Å². The maximum absolute atomic E-state index is 12.0. The second kappa shape index (κ2) is 5.49. The number of nitrogens with zero attached hydrogens (tertiary/aromatic N) is 1. The Morgan fingerprint density at radius 3 is 2.79 bits per heavy atom. The fraction of sp³-hybridized carbons (Fsp3) is 0.250. The molecule has 0 spiro atoms. The van der Waals surface area contributed by atoms with Gasteiger partial charge >= 0.3 is 5.97 Å². The predicted octanol–water partition coefficient (Wildman–Crippen LogP) is 0.128. The van der Waals surface area contributed by atoms with Crippen molar-refractivity contribution in [2.75, 3.05) is 6.61 Å². The van der Waals surface area contributed by atoms with E-state index in [4.69, 9.17) is 10.2 Å². The van der Waals surface area contributed by atoms with Gasteiger partial charge in [-0.1, -0.05) is 18.2 Å². The summed E-state index contributed by atoms with van der Waals surface area (Å²) < 4.78 is 0. The van der Waals surface area contributed by atoms with Gasteiger partial charge in [-0.2, -0.15) is 5.10 Å². The standard InChI is InChI=1S/C12H13N3O4/c16-6-5-9(12(18)19)13-11(17)10-7-3-1-2-4-8(7)14-15-10/h1-4,9,16H,5-6H2,(H,13,17)(H,14,15)(H,18,19). The second-order valence-electron chi connectivity index (χ2n) is 3.99. The molecule has 1 aromatic heterocycles. The van der Waals surface area contributed by atoms with E-state index in [0.29, 0.717) is 10.9 Å².